The monoisotopic (exact) mass is 426 g/mol. The number of imidazole rings is 1. The summed E-state index contributed by atoms with van der Waals surface area (Å²) < 4.78 is 14.6. The number of carbonyl (C=O) groups is 1. The van der Waals surface area contributed by atoms with E-state index in [9.17, 15) is 4.79 Å². The van der Waals surface area contributed by atoms with E-state index in [4.69, 9.17) is 9.47 Å². The van der Waals surface area contributed by atoms with Crippen LogP contribution in [-0.2, 0) is 24.4 Å². The highest BCUT2D eigenvalue weighted by atomic mass is 16.5. The van der Waals surface area contributed by atoms with Gasteiger partial charge in [0.15, 0.2) is 0 Å². The molecule has 2 heterocycles. The summed E-state index contributed by atoms with van der Waals surface area (Å²) in [5.74, 6) is 0.796. The van der Waals surface area contributed by atoms with Gasteiger partial charge in [-0.3, -0.25) is 4.68 Å². The SMILES string of the molecule is CCOc1ccccc1CN(CCCn1ccnc1)C(=O)Nc1cnn(CCOC)c1. The van der Waals surface area contributed by atoms with E-state index >= 15 is 0 Å². The molecule has 0 aliphatic carbocycles. The fourth-order valence-electron chi connectivity index (χ4n) is 3.19. The van der Waals surface area contributed by atoms with E-state index < -0.39 is 0 Å². The molecule has 0 spiro atoms. The van der Waals surface area contributed by atoms with Gasteiger partial charge in [-0.05, 0) is 19.4 Å². The molecule has 2 aromatic heterocycles. The second kappa shape index (κ2) is 11.8. The molecule has 3 aromatic rings. The normalized spacial score (nSPS) is 10.8. The maximum Gasteiger partial charge on any atom is 0.322 e. The molecule has 0 unspecified atom stereocenters. The minimum absolute atomic E-state index is 0.178. The van der Waals surface area contributed by atoms with Crippen molar-refractivity contribution in [2.24, 2.45) is 0 Å². The summed E-state index contributed by atoms with van der Waals surface area (Å²) in [6.07, 6.45) is 9.70. The van der Waals surface area contributed by atoms with Crippen LogP contribution in [0.5, 0.6) is 5.75 Å². The first kappa shape index (κ1) is 22.4. The predicted molar refractivity (Wildman–Crippen MR) is 118 cm³/mol. The van der Waals surface area contributed by atoms with Gasteiger partial charge in [-0.15, -0.1) is 0 Å². The number of nitrogens with one attached hydrogen (secondary N) is 1. The minimum atomic E-state index is -0.178. The molecule has 9 nitrogen and oxygen atoms in total. The lowest BCUT2D eigenvalue weighted by Crippen LogP contribution is -2.35. The van der Waals surface area contributed by atoms with Crippen molar-refractivity contribution in [2.45, 2.75) is 33.0 Å². The molecule has 0 bridgehead atoms. The largest absolute Gasteiger partial charge is 0.494 e. The van der Waals surface area contributed by atoms with Gasteiger partial charge in [0.2, 0.25) is 0 Å². The van der Waals surface area contributed by atoms with Crippen molar-refractivity contribution in [1.82, 2.24) is 24.2 Å². The molecular weight excluding hydrogens is 396 g/mol. The summed E-state index contributed by atoms with van der Waals surface area (Å²) in [5.41, 5.74) is 1.62. The number of aromatic nitrogens is 4. The van der Waals surface area contributed by atoms with Gasteiger partial charge in [0.1, 0.15) is 5.75 Å². The molecule has 2 amide bonds. The second-order valence-corrected chi connectivity index (χ2v) is 7.03. The Kier molecular flexibility index (Phi) is 8.48. The van der Waals surface area contributed by atoms with Crippen LogP contribution >= 0.6 is 0 Å². The number of para-hydroxylation sites is 1. The highest BCUT2D eigenvalue weighted by molar-refractivity contribution is 5.89. The lowest BCUT2D eigenvalue weighted by atomic mass is 10.2. The molecule has 3 rings (SSSR count). The van der Waals surface area contributed by atoms with E-state index in [0.717, 1.165) is 24.3 Å². The van der Waals surface area contributed by atoms with Crippen LogP contribution in [0, 0.1) is 0 Å². The van der Waals surface area contributed by atoms with E-state index in [1.54, 1.807) is 41.6 Å². The van der Waals surface area contributed by atoms with Crippen molar-refractivity contribution in [1.29, 1.82) is 0 Å². The average molecular weight is 427 g/mol. The van der Waals surface area contributed by atoms with Crippen LogP contribution in [0.25, 0.3) is 0 Å². The molecule has 31 heavy (non-hydrogen) atoms. The van der Waals surface area contributed by atoms with Crippen LogP contribution < -0.4 is 10.1 Å². The average Bonchev–Trinajstić information content (AvgIpc) is 3.45. The van der Waals surface area contributed by atoms with E-state index in [2.05, 4.69) is 15.4 Å². The van der Waals surface area contributed by atoms with Crippen LogP contribution in [0.4, 0.5) is 10.5 Å². The number of rotatable bonds is 12. The number of amides is 2. The van der Waals surface area contributed by atoms with Gasteiger partial charge < -0.3 is 24.3 Å². The first-order chi connectivity index (χ1) is 15.2. The maximum absolute atomic E-state index is 13.1. The van der Waals surface area contributed by atoms with Crippen molar-refractivity contribution >= 4 is 11.7 Å². The third kappa shape index (κ3) is 6.85. The molecule has 9 heteroatoms. The summed E-state index contributed by atoms with van der Waals surface area (Å²) in [5, 5.41) is 7.21. The summed E-state index contributed by atoms with van der Waals surface area (Å²) in [7, 11) is 1.65. The number of benzene rings is 1. The number of hydrogen-bond donors (Lipinski definition) is 1. The van der Waals surface area contributed by atoms with E-state index in [-0.39, 0.29) is 6.03 Å². The number of nitrogens with zero attached hydrogens (tertiary/aromatic N) is 5. The van der Waals surface area contributed by atoms with Crippen LogP contribution in [0.3, 0.4) is 0 Å². The summed E-state index contributed by atoms with van der Waals surface area (Å²) >= 11 is 0. The first-order valence-corrected chi connectivity index (χ1v) is 10.4. The Bertz CT molecular complexity index is 925. The molecular formula is C22H30N6O3. The first-order valence-electron chi connectivity index (χ1n) is 10.4. The molecule has 0 atom stereocenters. The number of methoxy groups -OCH3 is 1. The van der Waals surface area contributed by atoms with Crippen molar-refractivity contribution < 1.29 is 14.3 Å². The highest BCUT2D eigenvalue weighted by Gasteiger charge is 2.17. The fraction of sp³-hybridized carbons (Fsp3) is 0.409. The van der Waals surface area contributed by atoms with Crippen molar-refractivity contribution in [3.63, 3.8) is 0 Å². The van der Waals surface area contributed by atoms with Crippen molar-refractivity contribution in [2.75, 3.05) is 32.2 Å². The van der Waals surface area contributed by atoms with Gasteiger partial charge in [-0.25, -0.2) is 9.78 Å². The lowest BCUT2D eigenvalue weighted by Gasteiger charge is -2.24. The number of ether oxygens (including phenoxy) is 2. The molecule has 0 radical (unpaired) electrons. The molecule has 0 fully saturated rings. The van der Waals surface area contributed by atoms with Crippen molar-refractivity contribution in [3.8, 4) is 5.75 Å². The minimum Gasteiger partial charge on any atom is -0.494 e. The van der Waals surface area contributed by atoms with Gasteiger partial charge in [-0.2, -0.15) is 5.10 Å². The quantitative estimate of drug-likeness (QED) is 0.480. The highest BCUT2D eigenvalue weighted by Crippen LogP contribution is 2.21. The second-order valence-electron chi connectivity index (χ2n) is 7.03. The molecule has 1 aromatic carbocycles. The van der Waals surface area contributed by atoms with Gasteiger partial charge in [0, 0.05) is 44.4 Å². The zero-order chi connectivity index (χ0) is 21.9. The number of carbonyl (C=O) groups excluding carboxylic acids is 1. The Balaban J connectivity index is 1.68. The molecule has 1 N–H and O–H groups in total. The third-order valence-electron chi connectivity index (χ3n) is 4.73. The number of urea groups is 1. The van der Waals surface area contributed by atoms with Crippen LogP contribution in [0.15, 0.2) is 55.4 Å². The van der Waals surface area contributed by atoms with E-state index in [1.807, 2.05) is 42.0 Å². The van der Waals surface area contributed by atoms with Crippen molar-refractivity contribution in [3.05, 3.63) is 60.9 Å². The Labute approximate surface area is 182 Å². The Morgan fingerprint density at radius 1 is 1.26 bits per heavy atom. The van der Waals surface area contributed by atoms with Crippen LogP contribution in [-0.4, -0.2) is 57.1 Å². The van der Waals surface area contributed by atoms with E-state index in [0.29, 0.717) is 38.5 Å². The van der Waals surface area contributed by atoms with Crippen LogP contribution in [0.1, 0.15) is 18.9 Å². The fourth-order valence-corrected chi connectivity index (χ4v) is 3.19. The zero-order valence-electron chi connectivity index (χ0n) is 18.1. The summed E-state index contributed by atoms with van der Waals surface area (Å²) in [6.45, 7) is 5.53. The standard InChI is InChI=1S/C22H30N6O3/c1-3-31-21-8-5-4-7-19(21)16-27(11-6-10-26-12-9-23-18-26)22(29)25-20-15-24-28(17-20)13-14-30-2/h4-5,7-9,12,15,17-18H,3,6,10-11,13-14,16H2,1-2H3,(H,25,29). The smallest absolute Gasteiger partial charge is 0.322 e. The Morgan fingerprint density at radius 2 is 2.13 bits per heavy atom. The Morgan fingerprint density at radius 3 is 2.90 bits per heavy atom. The predicted octanol–water partition coefficient (Wildman–Crippen LogP) is 3.25. The lowest BCUT2D eigenvalue weighted by molar-refractivity contribution is 0.183. The van der Waals surface area contributed by atoms with Gasteiger partial charge in [-0.1, -0.05) is 18.2 Å². The van der Waals surface area contributed by atoms with Crippen LogP contribution in [0.2, 0.25) is 0 Å². The summed E-state index contributed by atoms with van der Waals surface area (Å²) in [4.78, 5) is 19.0. The zero-order valence-corrected chi connectivity index (χ0v) is 18.1. The van der Waals surface area contributed by atoms with Gasteiger partial charge >= 0.3 is 6.03 Å². The molecule has 166 valence electrons. The molecule has 0 saturated heterocycles. The molecule has 0 aliphatic heterocycles. The Hall–Kier alpha value is -3.33. The summed E-state index contributed by atoms with van der Waals surface area (Å²) in [6, 6.07) is 7.64. The molecule has 0 saturated carbocycles. The third-order valence-corrected chi connectivity index (χ3v) is 4.73. The number of anilines is 1. The topological polar surface area (TPSA) is 86.4 Å². The molecule has 0 aliphatic rings. The number of hydrogen-bond acceptors (Lipinski definition) is 5. The maximum atomic E-state index is 13.1. The van der Waals surface area contributed by atoms with Gasteiger partial charge in [0.25, 0.3) is 0 Å². The van der Waals surface area contributed by atoms with Gasteiger partial charge in [0.05, 0.1) is 44.5 Å². The number of aryl methyl sites for hydroxylation is 1. The van der Waals surface area contributed by atoms with E-state index in [1.165, 1.54) is 0 Å².